The molecule has 2 aliphatic rings. The normalized spacial score (nSPS) is 15.8. The summed E-state index contributed by atoms with van der Waals surface area (Å²) in [6.07, 6.45) is 2.38. The van der Waals surface area contributed by atoms with Crippen LogP contribution >= 0.6 is 0 Å². The van der Waals surface area contributed by atoms with Crippen LogP contribution in [0.4, 0.5) is 33.6 Å². The Hall–Kier alpha value is -4.20. The molecule has 51 heavy (non-hydrogen) atoms. The van der Waals surface area contributed by atoms with Crippen LogP contribution in [-0.2, 0) is 26.1 Å². The van der Waals surface area contributed by atoms with Crippen LogP contribution in [0.15, 0.2) is 36.5 Å². The molecule has 0 saturated carbocycles. The van der Waals surface area contributed by atoms with Gasteiger partial charge < -0.3 is 29.0 Å². The lowest BCUT2D eigenvalue weighted by Gasteiger charge is -2.39. The van der Waals surface area contributed by atoms with Gasteiger partial charge in [-0.05, 0) is 63.4 Å². The highest BCUT2D eigenvalue weighted by atomic mass is 28.2. The number of anilines is 5. The van der Waals surface area contributed by atoms with Crippen LogP contribution in [-0.4, -0.2) is 90.6 Å². The van der Waals surface area contributed by atoms with E-state index in [-0.39, 0.29) is 30.0 Å². The first kappa shape index (κ1) is 38.0. The molecule has 13 heteroatoms. The summed E-state index contributed by atoms with van der Waals surface area (Å²) in [6, 6.07) is 10.00. The molecular weight excluding hydrogens is 663 g/mol. The molecule has 1 aromatic heterocycles. The number of carbonyl (C=O) groups is 2. The standard InChI is InChI=1S/C38H55N7O5Si/c1-25-13-11-14-26(2)33(25)45-24-27-23-39-35(41-34(27)44(36(45)47)16-12-15-32(46)49-10)40-29-21-28(38(6,7)50-51-37(3,4)5)30(22-31(29)48-9)43-19-17-42(8)18-20-43/h11,13-14,21-23H,12,15-20,24,51H2,1-10H3,(H,39,40,41). The van der Waals surface area contributed by atoms with Crippen molar-refractivity contribution in [3.63, 3.8) is 0 Å². The summed E-state index contributed by atoms with van der Waals surface area (Å²) >= 11 is 0. The molecule has 1 N–H and O–H groups in total. The van der Waals surface area contributed by atoms with Gasteiger partial charge in [0.25, 0.3) is 0 Å². The van der Waals surface area contributed by atoms with Gasteiger partial charge in [-0.2, -0.15) is 4.98 Å². The Morgan fingerprint density at radius 2 is 1.71 bits per heavy atom. The number of para-hydroxylation sites is 1. The zero-order valence-electron chi connectivity index (χ0n) is 32.1. The molecular formula is C38H55N7O5Si. The number of amides is 2. The fraction of sp³-hybridized carbons (Fsp3) is 0.526. The predicted molar refractivity (Wildman–Crippen MR) is 206 cm³/mol. The maximum absolute atomic E-state index is 14.2. The first-order valence-corrected chi connectivity index (χ1v) is 19.0. The minimum atomic E-state index is -0.873. The molecule has 2 amide bonds. The zero-order chi connectivity index (χ0) is 37.1. The lowest BCUT2D eigenvalue weighted by Crippen LogP contribution is -2.49. The van der Waals surface area contributed by atoms with Gasteiger partial charge in [0.1, 0.15) is 11.6 Å². The summed E-state index contributed by atoms with van der Waals surface area (Å²) in [7, 11) is 4.32. The van der Waals surface area contributed by atoms with Crippen molar-refractivity contribution in [2.45, 2.75) is 78.5 Å². The Morgan fingerprint density at radius 1 is 1.02 bits per heavy atom. The van der Waals surface area contributed by atoms with E-state index in [1.54, 1.807) is 23.1 Å². The van der Waals surface area contributed by atoms with Crippen LogP contribution in [0.25, 0.3) is 0 Å². The molecule has 3 aromatic rings. The highest BCUT2D eigenvalue weighted by molar-refractivity contribution is 6.31. The van der Waals surface area contributed by atoms with E-state index in [1.165, 1.54) is 7.11 Å². The van der Waals surface area contributed by atoms with Gasteiger partial charge in [-0.25, -0.2) is 9.78 Å². The van der Waals surface area contributed by atoms with Crippen LogP contribution in [0, 0.1) is 13.8 Å². The van der Waals surface area contributed by atoms with Crippen molar-refractivity contribution in [2.75, 3.05) is 74.0 Å². The van der Waals surface area contributed by atoms with Crippen molar-refractivity contribution in [1.29, 1.82) is 0 Å². The average Bonchev–Trinajstić information content (AvgIpc) is 3.08. The minimum absolute atomic E-state index is 0.128. The van der Waals surface area contributed by atoms with E-state index in [0.29, 0.717) is 36.2 Å². The Labute approximate surface area is 305 Å². The van der Waals surface area contributed by atoms with Gasteiger partial charge in [-0.15, -0.1) is 0 Å². The van der Waals surface area contributed by atoms with Crippen LogP contribution in [0.2, 0.25) is 5.04 Å². The molecule has 12 nitrogen and oxygen atoms in total. The Bertz CT molecular complexity index is 1720. The number of carbonyl (C=O) groups excluding carboxylic acids is 2. The third kappa shape index (κ3) is 8.82. The van der Waals surface area contributed by atoms with Gasteiger partial charge in [0.2, 0.25) is 5.95 Å². The number of methoxy groups -OCH3 is 2. The van der Waals surface area contributed by atoms with Gasteiger partial charge in [-0.3, -0.25) is 14.6 Å². The second-order valence-corrected chi connectivity index (χ2v) is 18.0. The number of piperazine rings is 1. The fourth-order valence-electron chi connectivity index (χ4n) is 6.59. The van der Waals surface area contributed by atoms with Crippen molar-refractivity contribution in [3.05, 3.63) is 58.8 Å². The molecule has 0 spiro atoms. The highest BCUT2D eigenvalue weighted by Crippen LogP contribution is 2.43. The van der Waals surface area contributed by atoms with Crippen molar-refractivity contribution in [1.82, 2.24) is 14.9 Å². The van der Waals surface area contributed by atoms with E-state index in [0.717, 1.165) is 59.8 Å². The van der Waals surface area contributed by atoms with E-state index < -0.39 is 15.4 Å². The number of hydrogen-bond acceptors (Lipinski definition) is 10. The third-order valence-corrected chi connectivity index (χ3v) is 11.2. The van der Waals surface area contributed by atoms with Crippen LogP contribution < -0.4 is 24.8 Å². The molecule has 0 aliphatic carbocycles. The number of nitrogens with one attached hydrogen (secondary N) is 1. The number of esters is 1. The number of rotatable bonds is 12. The second-order valence-electron chi connectivity index (χ2n) is 15.3. The molecule has 0 unspecified atom stereocenters. The molecule has 276 valence electrons. The number of fused-ring (bicyclic) bond motifs is 1. The summed E-state index contributed by atoms with van der Waals surface area (Å²) in [5, 5.41) is 3.56. The maximum Gasteiger partial charge on any atom is 0.330 e. The lowest BCUT2D eigenvalue weighted by molar-refractivity contribution is -0.140. The quantitative estimate of drug-likeness (QED) is 0.176. The van der Waals surface area contributed by atoms with Crippen molar-refractivity contribution >= 4 is 50.6 Å². The first-order valence-electron chi connectivity index (χ1n) is 17.8. The van der Waals surface area contributed by atoms with E-state index in [9.17, 15) is 9.59 Å². The van der Waals surface area contributed by atoms with E-state index in [1.807, 2.05) is 32.0 Å². The van der Waals surface area contributed by atoms with E-state index in [4.69, 9.17) is 23.9 Å². The van der Waals surface area contributed by atoms with E-state index in [2.05, 4.69) is 68.9 Å². The number of hydrogen-bond donors (Lipinski definition) is 1. The molecule has 3 heterocycles. The summed E-state index contributed by atoms with van der Waals surface area (Å²) in [6.45, 7) is 19.4. The predicted octanol–water partition coefficient (Wildman–Crippen LogP) is 6.05. The second kappa shape index (κ2) is 15.6. The van der Waals surface area contributed by atoms with Gasteiger partial charge in [-0.1, -0.05) is 39.0 Å². The number of benzene rings is 2. The Morgan fingerprint density at radius 3 is 2.33 bits per heavy atom. The monoisotopic (exact) mass is 717 g/mol. The number of ether oxygens (including phenoxy) is 2. The molecule has 0 radical (unpaired) electrons. The number of aromatic nitrogens is 2. The van der Waals surface area contributed by atoms with Crippen LogP contribution in [0.3, 0.4) is 0 Å². The molecule has 0 atom stereocenters. The summed E-state index contributed by atoms with van der Waals surface area (Å²) in [5.74, 6) is 1.18. The number of likely N-dealkylation sites (N-methyl/N-ethyl adjacent to an activating group) is 1. The maximum atomic E-state index is 14.2. The highest BCUT2D eigenvalue weighted by Gasteiger charge is 2.35. The van der Waals surface area contributed by atoms with Crippen molar-refractivity contribution in [3.8, 4) is 5.75 Å². The van der Waals surface area contributed by atoms with Gasteiger partial charge >= 0.3 is 12.0 Å². The molecule has 5 rings (SSSR count). The van der Waals surface area contributed by atoms with Gasteiger partial charge in [0.15, 0.2) is 9.76 Å². The number of aryl methyl sites for hydroxylation is 2. The number of urea groups is 1. The largest absolute Gasteiger partial charge is 0.494 e. The van der Waals surface area contributed by atoms with Crippen molar-refractivity contribution in [2.24, 2.45) is 0 Å². The SMILES string of the molecule is COC(=O)CCCN1C(=O)N(c2c(C)cccc2C)Cc2cnc(Nc3cc(C(C)(C)O[SiH2]C(C)(C)C)c(N4CCN(C)CC4)cc3OC)nc21. The molecule has 2 aliphatic heterocycles. The van der Waals surface area contributed by atoms with Gasteiger partial charge in [0, 0.05) is 68.2 Å². The lowest BCUT2D eigenvalue weighted by atomic mass is 9.94. The molecule has 1 fully saturated rings. The van der Waals surface area contributed by atoms with Crippen LogP contribution in [0.5, 0.6) is 5.75 Å². The summed E-state index contributed by atoms with van der Waals surface area (Å²) < 4.78 is 17.6. The topological polar surface area (TPSA) is 113 Å². The average molecular weight is 718 g/mol. The third-order valence-electron chi connectivity index (χ3n) is 9.51. The molecule has 2 aromatic carbocycles. The smallest absolute Gasteiger partial charge is 0.330 e. The van der Waals surface area contributed by atoms with Gasteiger partial charge in [0.05, 0.1) is 37.7 Å². The summed E-state index contributed by atoms with van der Waals surface area (Å²) in [5.41, 5.74) is 5.98. The Kier molecular flexibility index (Phi) is 11.6. The summed E-state index contributed by atoms with van der Waals surface area (Å²) in [4.78, 5) is 44.1. The van der Waals surface area contributed by atoms with Crippen LogP contribution in [0.1, 0.15) is 69.7 Å². The fourth-order valence-corrected chi connectivity index (χ4v) is 7.54. The van der Waals surface area contributed by atoms with Crippen molar-refractivity contribution < 1.29 is 23.5 Å². The van der Waals surface area contributed by atoms with E-state index >= 15 is 0 Å². The number of nitrogens with zero attached hydrogens (tertiary/aromatic N) is 6. The molecule has 1 saturated heterocycles. The Balaban J connectivity index is 1.54. The zero-order valence-corrected chi connectivity index (χ0v) is 33.5. The first-order chi connectivity index (χ1) is 24.1. The molecule has 0 bridgehead atoms. The minimum Gasteiger partial charge on any atom is -0.494 e.